The Morgan fingerprint density at radius 2 is 1.74 bits per heavy atom. The van der Waals surface area contributed by atoms with Gasteiger partial charge in [-0.2, -0.15) is 0 Å². The van der Waals surface area contributed by atoms with Gasteiger partial charge in [0.15, 0.2) is 0 Å². The fourth-order valence-electron chi connectivity index (χ4n) is 2.02. The fraction of sp³-hybridized carbons (Fsp3) is 0.0769. The molecule has 0 atom stereocenters. The standard InChI is InChI=1S/C13H11N3O5S.Na/c1-21-12-7-11(17)10(6-13(12)22(18,19)20)16-14-8-4-2-3-5-9(8)15-16;/h2-7,17H,1H3,(H,18,19,20);/q;+1/p-1. The normalized spacial score (nSPS) is 11.2. The van der Waals surface area contributed by atoms with Crippen LogP contribution in [0.2, 0.25) is 0 Å². The minimum Gasteiger partial charge on any atom is -0.744 e. The topological polar surface area (TPSA) is 117 Å². The average molecular weight is 343 g/mol. The first-order valence-electron chi connectivity index (χ1n) is 6.09. The Labute approximate surface area is 153 Å². The number of benzene rings is 2. The fourth-order valence-corrected chi connectivity index (χ4v) is 2.67. The number of phenols is 1. The van der Waals surface area contributed by atoms with Crippen LogP contribution >= 0.6 is 0 Å². The van der Waals surface area contributed by atoms with Crippen LogP contribution in [0.25, 0.3) is 16.7 Å². The number of hydrogen-bond acceptors (Lipinski definition) is 7. The summed E-state index contributed by atoms with van der Waals surface area (Å²) in [5.41, 5.74) is 1.08. The Morgan fingerprint density at radius 3 is 2.22 bits per heavy atom. The van der Waals surface area contributed by atoms with Gasteiger partial charge in [0.1, 0.15) is 38.3 Å². The van der Waals surface area contributed by atoms with E-state index in [1.165, 1.54) is 7.11 Å². The number of ether oxygens (including phenoxy) is 1. The summed E-state index contributed by atoms with van der Waals surface area (Å²) < 4.78 is 38.8. The zero-order valence-electron chi connectivity index (χ0n) is 12.3. The van der Waals surface area contributed by atoms with Crippen molar-refractivity contribution in [2.45, 2.75) is 4.90 Å². The quantitative estimate of drug-likeness (QED) is 0.433. The van der Waals surface area contributed by atoms with Gasteiger partial charge in [-0.25, -0.2) is 8.42 Å². The van der Waals surface area contributed by atoms with Gasteiger partial charge in [0.25, 0.3) is 0 Å². The molecule has 0 aliphatic carbocycles. The zero-order valence-corrected chi connectivity index (χ0v) is 15.1. The average Bonchev–Trinajstić information content (AvgIpc) is 2.89. The van der Waals surface area contributed by atoms with Crippen LogP contribution in [0.3, 0.4) is 0 Å². The molecule has 2 aromatic carbocycles. The molecule has 0 aliphatic heterocycles. The molecule has 1 N–H and O–H groups in total. The number of fused-ring (bicyclic) bond motifs is 1. The van der Waals surface area contributed by atoms with Crippen molar-refractivity contribution in [1.82, 2.24) is 15.0 Å². The van der Waals surface area contributed by atoms with Gasteiger partial charge in [0, 0.05) is 6.07 Å². The van der Waals surface area contributed by atoms with E-state index in [2.05, 4.69) is 10.2 Å². The molecule has 8 nitrogen and oxygen atoms in total. The Bertz CT molecular complexity index is 938. The minimum atomic E-state index is -4.78. The number of phenolic OH excluding ortho intramolecular Hbond substituents is 1. The molecule has 1 heterocycles. The van der Waals surface area contributed by atoms with Crippen LogP contribution in [0, 0.1) is 0 Å². The van der Waals surface area contributed by atoms with Crippen LogP contribution in [0.15, 0.2) is 41.3 Å². The second kappa shape index (κ2) is 6.46. The molecule has 3 rings (SSSR count). The second-order valence-corrected chi connectivity index (χ2v) is 5.77. The van der Waals surface area contributed by atoms with Gasteiger partial charge in [-0.3, -0.25) is 0 Å². The van der Waals surface area contributed by atoms with Crippen molar-refractivity contribution >= 4 is 21.2 Å². The molecule has 0 aliphatic rings. The number of methoxy groups -OCH3 is 1. The first-order chi connectivity index (χ1) is 10.4. The molecule has 0 saturated heterocycles. The van der Waals surface area contributed by atoms with E-state index in [9.17, 15) is 18.1 Å². The summed E-state index contributed by atoms with van der Waals surface area (Å²) in [7, 11) is -3.58. The van der Waals surface area contributed by atoms with Crippen LogP contribution in [0.5, 0.6) is 11.5 Å². The molecule has 0 unspecified atom stereocenters. The van der Waals surface area contributed by atoms with Gasteiger partial charge in [-0.05, 0) is 18.2 Å². The molecule has 0 saturated carbocycles. The van der Waals surface area contributed by atoms with E-state index in [0.717, 1.165) is 16.9 Å². The molecule has 23 heavy (non-hydrogen) atoms. The van der Waals surface area contributed by atoms with Crippen molar-refractivity contribution in [2.75, 3.05) is 7.11 Å². The van der Waals surface area contributed by atoms with Gasteiger partial charge in [-0.1, -0.05) is 12.1 Å². The predicted molar refractivity (Wildman–Crippen MR) is 75.0 cm³/mol. The largest absolute Gasteiger partial charge is 1.00 e. The summed E-state index contributed by atoms with van der Waals surface area (Å²) in [6, 6.07) is 8.98. The second-order valence-electron chi connectivity index (χ2n) is 4.42. The zero-order chi connectivity index (χ0) is 15.9. The predicted octanol–water partition coefficient (Wildman–Crippen LogP) is -1.96. The molecular formula is C13H10N3NaO5S. The number of hydrogen-bond donors (Lipinski definition) is 1. The van der Waals surface area contributed by atoms with Gasteiger partial charge in [0.2, 0.25) is 0 Å². The number of rotatable bonds is 3. The SMILES string of the molecule is COc1cc(O)c(-n2nc3ccccc3n2)cc1S(=O)(=O)[O-].[Na+]. The molecule has 0 radical (unpaired) electrons. The maximum absolute atomic E-state index is 11.3. The van der Waals surface area contributed by atoms with Crippen molar-refractivity contribution in [2.24, 2.45) is 0 Å². The number of nitrogens with zero attached hydrogens (tertiary/aromatic N) is 3. The first-order valence-corrected chi connectivity index (χ1v) is 7.50. The summed E-state index contributed by atoms with van der Waals surface area (Å²) in [6.45, 7) is 0. The van der Waals surface area contributed by atoms with Gasteiger partial charge in [0.05, 0.1) is 12.0 Å². The molecule has 3 aromatic rings. The number of aromatic hydroxyl groups is 1. The van der Waals surface area contributed by atoms with E-state index < -0.39 is 15.0 Å². The van der Waals surface area contributed by atoms with Crippen LogP contribution < -0.4 is 34.3 Å². The Balaban J connectivity index is 0.00000192. The van der Waals surface area contributed by atoms with Crippen molar-refractivity contribution in [3.63, 3.8) is 0 Å². The van der Waals surface area contributed by atoms with E-state index in [4.69, 9.17) is 4.74 Å². The van der Waals surface area contributed by atoms with Crippen LogP contribution in [0.4, 0.5) is 0 Å². The molecule has 1 aromatic heterocycles. The molecule has 0 fully saturated rings. The van der Waals surface area contributed by atoms with E-state index in [-0.39, 0.29) is 46.7 Å². The minimum absolute atomic E-state index is 0. The van der Waals surface area contributed by atoms with E-state index in [0.29, 0.717) is 11.0 Å². The summed E-state index contributed by atoms with van der Waals surface area (Å²) in [5, 5.41) is 18.3. The Morgan fingerprint density at radius 1 is 1.17 bits per heavy atom. The van der Waals surface area contributed by atoms with E-state index in [1.807, 2.05) is 0 Å². The summed E-state index contributed by atoms with van der Waals surface area (Å²) in [5.74, 6) is -0.558. The van der Waals surface area contributed by atoms with Crippen molar-refractivity contribution in [1.29, 1.82) is 0 Å². The van der Waals surface area contributed by atoms with Crippen molar-refractivity contribution in [3.8, 4) is 17.2 Å². The molecule has 10 heteroatoms. The van der Waals surface area contributed by atoms with Crippen molar-refractivity contribution < 1.29 is 52.4 Å². The summed E-state index contributed by atoms with van der Waals surface area (Å²) in [6.07, 6.45) is 0. The Hall–Kier alpha value is -1.65. The molecular weight excluding hydrogens is 333 g/mol. The maximum Gasteiger partial charge on any atom is 1.00 e. The smallest absolute Gasteiger partial charge is 0.744 e. The third-order valence-corrected chi connectivity index (χ3v) is 3.89. The van der Waals surface area contributed by atoms with Crippen LogP contribution in [-0.2, 0) is 10.1 Å². The maximum atomic E-state index is 11.3. The van der Waals surface area contributed by atoms with E-state index in [1.54, 1.807) is 24.3 Å². The Kier molecular flexibility index (Phi) is 4.97. The third-order valence-electron chi connectivity index (χ3n) is 3.03. The monoisotopic (exact) mass is 343 g/mol. The van der Waals surface area contributed by atoms with E-state index >= 15 is 0 Å². The molecule has 0 bridgehead atoms. The van der Waals surface area contributed by atoms with Gasteiger partial charge >= 0.3 is 29.6 Å². The van der Waals surface area contributed by atoms with Gasteiger partial charge < -0.3 is 14.4 Å². The van der Waals surface area contributed by atoms with Crippen LogP contribution in [-0.4, -0.2) is 40.2 Å². The molecule has 114 valence electrons. The molecule has 0 amide bonds. The van der Waals surface area contributed by atoms with Gasteiger partial charge in [-0.15, -0.1) is 15.0 Å². The molecule has 0 spiro atoms. The summed E-state index contributed by atoms with van der Waals surface area (Å²) >= 11 is 0. The number of aromatic nitrogens is 3. The van der Waals surface area contributed by atoms with Crippen molar-refractivity contribution in [3.05, 3.63) is 36.4 Å². The summed E-state index contributed by atoms with van der Waals surface area (Å²) in [4.78, 5) is 0.470. The first kappa shape index (κ1) is 17.7. The third kappa shape index (κ3) is 3.33. The van der Waals surface area contributed by atoms with Crippen LogP contribution in [0.1, 0.15) is 0 Å².